The van der Waals surface area contributed by atoms with Crippen molar-refractivity contribution in [2.24, 2.45) is 0 Å². The molecule has 1 saturated heterocycles. The highest BCUT2D eigenvalue weighted by Gasteiger charge is 2.32. The minimum atomic E-state index is -3.46. The van der Waals surface area contributed by atoms with Gasteiger partial charge in [-0.3, -0.25) is 0 Å². The molecule has 1 fully saturated rings. The van der Waals surface area contributed by atoms with Crippen LogP contribution in [0.1, 0.15) is 23.5 Å². The zero-order valence-corrected chi connectivity index (χ0v) is 13.9. The highest BCUT2D eigenvalue weighted by atomic mass is 32.2. The zero-order valence-electron chi connectivity index (χ0n) is 12.2. The number of nitrogens with zero attached hydrogens (tertiary/aromatic N) is 1. The van der Waals surface area contributed by atoms with Crippen LogP contribution in [0.4, 0.5) is 0 Å². The molecular weight excluding hydrogens is 296 g/mol. The third-order valence-electron chi connectivity index (χ3n) is 3.46. The molecule has 5 nitrogen and oxygen atoms in total. The van der Waals surface area contributed by atoms with E-state index in [0.29, 0.717) is 36.1 Å². The first-order chi connectivity index (χ1) is 9.48. The Balaban J connectivity index is 2.42. The van der Waals surface area contributed by atoms with Gasteiger partial charge in [-0.25, -0.2) is 8.42 Å². The van der Waals surface area contributed by atoms with Gasteiger partial charge in [0.25, 0.3) is 0 Å². The molecule has 20 heavy (non-hydrogen) atoms. The summed E-state index contributed by atoms with van der Waals surface area (Å²) in [4.78, 5) is 0.358. The third kappa shape index (κ3) is 3.05. The number of hydrogen-bond donors (Lipinski definition) is 1. The number of thioether (sulfide) groups is 1. The molecule has 2 heterocycles. The SMILES string of the molecule is CNCc1c(C)oc(C)c1S(=O)(=O)N1CCCSCC1. The maximum absolute atomic E-state index is 12.9. The first-order valence-corrected chi connectivity index (χ1v) is 9.39. The Hall–Kier alpha value is -0.500. The lowest BCUT2D eigenvalue weighted by atomic mass is 10.2. The van der Waals surface area contributed by atoms with E-state index in [1.165, 1.54) is 0 Å². The summed E-state index contributed by atoms with van der Waals surface area (Å²) < 4.78 is 33.0. The van der Waals surface area contributed by atoms with Gasteiger partial charge in [0, 0.05) is 31.0 Å². The first kappa shape index (κ1) is 15.9. The summed E-state index contributed by atoms with van der Waals surface area (Å²) in [5.41, 5.74) is 0.752. The van der Waals surface area contributed by atoms with E-state index in [4.69, 9.17) is 4.42 Å². The summed E-state index contributed by atoms with van der Waals surface area (Å²) >= 11 is 1.81. The van der Waals surface area contributed by atoms with Crippen LogP contribution in [0.15, 0.2) is 9.31 Å². The van der Waals surface area contributed by atoms with Crippen LogP contribution >= 0.6 is 11.8 Å². The highest BCUT2D eigenvalue weighted by Crippen LogP contribution is 2.30. The minimum Gasteiger partial charge on any atom is -0.465 e. The largest absolute Gasteiger partial charge is 0.465 e. The van der Waals surface area contributed by atoms with E-state index in [-0.39, 0.29) is 0 Å². The van der Waals surface area contributed by atoms with Crippen LogP contribution in [0, 0.1) is 13.8 Å². The molecule has 0 amide bonds. The van der Waals surface area contributed by atoms with Gasteiger partial charge >= 0.3 is 0 Å². The summed E-state index contributed by atoms with van der Waals surface area (Å²) in [5.74, 6) is 3.05. The van der Waals surface area contributed by atoms with E-state index in [2.05, 4.69) is 5.32 Å². The monoisotopic (exact) mass is 318 g/mol. The van der Waals surface area contributed by atoms with Crippen molar-refractivity contribution in [3.63, 3.8) is 0 Å². The molecule has 0 atom stereocenters. The predicted molar refractivity (Wildman–Crippen MR) is 81.6 cm³/mol. The third-order valence-corrected chi connectivity index (χ3v) is 6.60. The van der Waals surface area contributed by atoms with Crippen molar-refractivity contribution < 1.29 is 12.8 Å². The first-order valence-electron chi connectivity index (χ1n) is 6.80. The number of nitrogens with one attached hydrogen (secondary N) is 1. The molecule has 0 aliphatic carbocycles. The van der Waals surface area contributed by atoms with Crippen molar-refractivity contribution in [3.05, 3.63) is 17.1 Å². The molecule has 1 N–H and O–H groups in total. The van der Waals surface area contributed by atoms with Crippen molar-refractivity contribution >= 4 is 21.8 Å². The van der Waals surface area contributed by atoms with Gasteiger partial charge in [-0.15, -0.1) is 0 Å². The van der Waals surface area contributed by atoms with E-state index in [1.54, 1.807) is 18.3 Å². The molecule has 0 unspecified atom stereocenters. The van der Waals surface area contributed by atoms with Crippen LogP contribution in [-0.2, 0) is 16.6 Å². The Bertz CT molecular complexity index is 558. The molecule has 0 aromatic carbocycles. The predicted octanol–water partition coefficient (Wildman–Crippen LogP) is 1.74. The average molecular weight is 318 g/mol. The van der Waals surface area contributed by atoms with Crippen molar-refractivity contribution in [3.8, 4) is 0 Å². The Morgan fingerprint density at radius 3 is 2.70 bits per heavy atom. The summed E-state index contributed by atoms with van der Waals surface area (Å²) in [5, 5.41) is 3.02. The standard InChI is InChI=1S/C13H22N2O3S2/c1-10-12(9-14-3)13(11(2)18-10)20(16,17)15-5-4-7-19-8-6-15/h14H,4-9H2,1-3H3. The fourth-order valence-electron chi connectivity index (χ4n) is 2.52. The van der Waals surface area contributed by atoms with E-state index in [1.807, 2.05) is 18.7 Å². The molecule has 0 spiro atoms. The summed E-state index contributed by atoms with van der Waals surface area (Å²) in [6, 6.07) is 0. The van der Waals surface area contributed by atoms with Gasteiger partial charge in [-0.05, 0) is 33.1 Å². The van der Waals surface area contributed by atoms with Crippen molar-refractivity contribution in [1.29, 1.82) is 0 Å². The van der Waals surface area contributed by atoms with Crippen LogP contribution in [0.3, 0.4) is 0 Å². The number of hydrogen-bond acceptors (Lipinski definition) is 5. The Morgan fingerprint density at radius 2 is 2.00 bits per heavy atom. The molecule has 0 radical (unpaired) electrons. The maximum atomic E-state index is 12.9. The van der Waals surface area contributed by atoms with Gasteiger partial charge in [0.15, 0.2) is 0 Å². The molecule has 0 saturated carbocycles. The lowest BCUT2D eigenvalue weighted by Crippen LogP contribution is -2.34. The zero-order chi connectivity index (χ0) is 14.8. The van der Waals surface area contributed by atoms with E-state index in [0.717, 1.165) is 23.5 Å². The average Bonchev–Trinajstić information content (AvgIpc) is 2.61. The van der Waals surface area contributed by atoms with Gasteiger partial charge in [-0.2, -0.15) is 16.1 Å². The van der Waals surface area contributed by atoms with Crippen LogP contribution < -0.4 is 5.32 Å². The Morgan fingerprint density at radius 1 is 1.25 bits per heavy atom. The second kappa shape index (κ2) is 6.51. The fraction of sp³-hybridized carbons (Fsp3) is 0.692. The van der Waals surface area contributed by atoms with Crippen LogP contribution in [0.25, 0.3) is 0 Å². The summed E-state index contributed by atoms with van der Waals surface area (Å²) in [6.07, 6.45) is 0.904. The van der Waals surface area contributed by atoms with Crippen molar-refractivity contribution in [2.45, 2.75) is 31.7 Å². The van der Waals surface area contributed by atoms with Crippen LogP contribution in [0.2, 0.25) is 0 Å². The van der Waals surface area contributed by atoms with E-state index in [9.17, 15) is 8.42 Å². The molecule has 1 aliphatic rings. The molecular formula is C13H22N2O3S2. The van der Waals surface area contributed by atoms with Crippen molar-refractivity contribution in [1.82, 2.24) is 9.62 Å². The van der Waals surface area contributed by atoms with Crippen molar-refractivity contribution in [2.75, 3.05) is 31.6 Å². The number of sulfonamides is 1. The van der Waals surface area contributed by atoms with Crippen LogP contribution in [-0.4, -0.2) is 44.4 Å². The highest BCUT2D eigenvalue weighted by molar-refractivity contribution is 7.99. The van der Waals surface area contributed by atoms with E-state index >= 15 is 0 Å². The minimum absolute atomic E-state index is 0.358. The van der Waals surface area contributed by atoms with Gasteiger partial charge in [0.2, 0.25) is 10.0 Å². The number of furan rings is 1. The molecule has 114 valence electrons. The quantitative estimate of drug-likeness (QED) is 0.916. The number of rotatable bonds is 4. The second-order valence-corrected chi connectivity index (χ2v) is 8.02. The molecule has 0 bridgehead atoms. The number of aryl methyl sites for hydroxylation is 2. The topological polar surface area (TPSA) is 62.6 Å². The molecule has 1 aromatic rings. The van der Waals surface area contributed by atoms with Crippen LogP contribution in [0.5, 0.6) is 0 Å². The Labute approximate surface area is 125 Å². The molecule has 7 heteroatoms. The summed E-state index contributed by atoms with van der Waals surface area (Å²) in [7, 11) is -1.66. The van der Waals surface area contributed by atoms with Gasteiger partial charge in [0.05, 0.1) is 0 Å². The second-order valence-electron chi connectivity index (χ2n) is 4.92. The fourth-order valence-corrected chi connectivity index (χ4v) is 5.42. The lowest BCUT2D eigenvalue weighted by molar-refractivity contribution is 0.431. The van der Waals surface area contributed by atoms with E-state index < -0.39 is 10.0 Å². The maximum Gasteiger partial charge on any atom is 0.246 e. The van der Waals surface area contributed by atoms with Gasteiger partial charge in [0.1, 0.15) is 16.4 Å². The molecule has 1 aliphatic heterocycles. The molecule has 1 aromatic heterocycles. The molecule has 2 rings (SSSR count). The van der Waals surface area contributed by atoms with Gasteiger partial charge in [-0.1, -0.05) is 0 Å². The smallest absolute Gasteiger partial charge is 0.246 e. The lowest BCUT2D eigenvalue weighted by Gasteiger charge is -2.20. The van der Waals surface area contributed by atoms with Gasteiger partial charge < -0.3 is 9.73 Å². The Kier molecular flexibility index (Phi) is 5.17. The summed E-state index contributed by atoms with van der Waals surface area (Å²) in [6.45, 7) is 5.22. The normalized spacial score (nSPS) is 18.1.